The highest BCUT2D eigenvalue weighted by Gasteiger charge is 2.57. The van der Waals surface area contributed by atoms with Crippen LogP contribution in [0.3, 0.4) is 0 Å². The van der Waals surface area contributed by atoms with Gasteiger partial charge in [0.2, 0.25) is 15.9 Å². The molecule has 2 aromatic carbocycles. The molecule has 3 atom stereocenters. The molecule has 4 heterocycles. The van der Waals surface area contributed by atoms with Crippen molar-refractivity contribution >= 4 is 73.8 Å². The van der Waals surface area contributed by atoms with Crippen molar-refractivity contribution in [1.29, 1.82) is 0 Å². The van der Waals surface area contributed by atoms with E-state index in [1.807, 2.05) is 0 Å². The fraction of sp³-hybridized carbons (Fsp3) is 0.375. The van der Waals surface area contributed by atoms with Gasteiger partial charge >= 0.3 is 26.2 Å². The highest BCUT2D eigenvalue weighted by atomic mass is 35.5. The molecular weight excluding hydrogens is 1180 g/mol. The van der Waals surface area contributed by atoms with Gasteiger partial charge in [0.05, 0.1) is 40.5 Å². The van der Waals surface area contributed by atoms with Crippen molar-refractivity contribution in [3.8, 4) is 23.0 Å². The van der Waals surface area contributed by atoms with Gasteiger partial charge in [-0.2, -0.15) is 49.6 Å². The number of sulfone groups is 1. The lowest BCUT2D eigenvalue weighted by molar-refractivity contribution is -0.143. The quantitative estimate of drug-likeness (QED) is 0.0493. The lowest BCUT2D eigenvalue weighted by Crippen LogP contribution is -2.45. The monoisotopic (exact) mass is 1230 g/mol. The molecule has 436 valence electrons. The summed E-state index contributed by atoms with van der Waals surface area (Å²) in [6.45, 7) is 0.171. The molecule has 81 heavy (non-hydrogen) atoms. The first kappa shape index (κ1) is 61.9. The summed E-state index contributed by atoms with van der Waals surface area (Å²) in [5.74, 6) is -7.39. The molecule has 3 amide bonds. The minimum Gasteiger partial charge on any atom is -0.346 e. The van der Waals surface area contributed by atoms with Crippen LogP contribution in [0.4, 0.5) is 60.3 Å². The van der Waals surface area contributed by atoms with Crippen molar-refractivity contribution in [2.75, 3.05) is 28.8 Å². The average molecular weight is 1230 g/mol. The summed E-state index contributed by atoms with van der Waals surface area (Å²) >= 11 is 6.72. The highest BCUT2D eigenvalue weighted by Crippen LogP contribution is 2.55. The van der Waals surface area contributed by atoms with E-state index in [4.69, 9.17) is 11.6 Å². The summed E-state index contributed by atoms with van der Waals surface area (Å²) in [5, 5.41) is 8.48. The molecule has 19 nitrogen and oxygen atoms in total. The molecule has 1 aliphatic carbocycles. The third-order valence-electron chi connectivity index (χ3n) is 13.0. The first-order chi connectivity index (χ1) is 37.1. The number of carbonyl (C=O) groups excluding carboxylic acids is 2. The van der Waals surface area contributed by atoms with Gasteiger partial charge in [-0.3, -0.25) is 23.6 Å². The number of sulfonamides is 1. The van der Waals surface area contributed by atoms with Gasteiger partial charge in [0.1, 0.15) is 46.7 Å². The molecule has 0 unspecified atom stereocenters. The van der Waals surface area contributed by atoms with Gasteiger partial charge in [-0.1, -0.05) is 43.5 Å². The van der Waals surface area contributed by atoms with Crippen LogP contribution in [0.1, 0.15) is 79.1 Å². The standard InChI is InChI=1S/C48H45ClF10N9O10PS2/c1-24-25(2)47(55,56)41-36(24)40(48(57,58)59)63-66(41)21-35(69)62-34(19-26-17-28(50)20-29(51)18-26)38-31(11-10-30(61-38)14-15-45(3,4)80(6,74)75)32-12-13-33(49)37-39(32)67(23-46(52,53)54)64-43(37)68(81(7,76)77)44(70)65(5)42-27(9-8-16-60-42)22-78-79(71,72)73/h8-13,16-18,20,24-25,34H,19,21-23H2,1-7H3,(H,62,69)(H2,71,72,73)/t24-,25+,34-/m0/s1. The normalized spacial score (nSPS) is 16.2. The van der Waals surface area contributed by atoms with E-state index in [0.29, 0.717) is 17.2 Å². The SMILES string of the molecule is C[C@@H]1c2c(C(F)(F)F)nn(CC(=O)N[C@@H](Cc3cc(F)cc(F)c3)c3nc(C#CC(C)(C)S(C)(=O)=O)ccc3-c3ccc(Cl)c4c(N(C(=O)N(C)c5ncccc5COP(=O)(O)O)S(C)(=O)=O)nn(CC(F)(F)F)c34)c2C(F)(F)[C@@H]1C. The number of pyridine rings is 2. The number of nitrogens with one attached hydrogen (secondary N) is 1. The Labute approximate surface area is 459 Å². The number of urea groups is 1. The second kappa shape index (κ2) is 21.9. The van der Waals surface area contributed by atoms with E-state index in [1.165, 1.54) is 26.0 Å². The maximum absolute atomic E-state index is 15.9. The topological polar surface area (TPSA) is 249 Å². The van der Waals surface area contributed by atoms with Gasteiger partial charge in [-0.15, -0.1) is 0 Å². The minimum atomic E-state index is -5.30. The molecule has 7 rings (SSSR count). The van der Waals surface area contributed by atoms with E-state index in [1.54, 1.807) is 0 Å². The number of carbonyl (C=O) groups is 2. The second-order valence-electron chi connectivity index (χ2n) is 19.3. The van der Waals surface area contributed by atoms with Crippen LogP contribution in [0.5, 0.6) is 0 Å². The van der Waals surface area contributed by atoms with Crippen molar-refractivity contribution in [3.05, 3.63) is 117 Å². The zero-order chi connectivity index (χ0) is 60.5. The lowest BCUT2D eigenvalue weighted by atomic mass is 9.93. The molecule has 33 heteroatoms. The number of rotatable bonds is 15. The van der Waals surface area contributed by atoms with Crippen LogP contribution >= 0.6 is 19.4 Å². The smallest absolute Gasteiger partial charge is 0.346 e. The van der Waals surface area contributed by atoms with E-state index < -0.39 is 174 Å². The summed E-state index contributed by atoms with van der Waals surface area (Å²) in [5.41, 5.74) is -6.79. The number of halogens is 11. The number of hydrogen-bond donors (Lipinski definition) is 3. The highest BCUT2D eigenvalue weighted by molar-refractivity contribution is 7.93. The fourth-order valence-corrected chi connectivity index (χ4v) is 10.4. The number of phosphoric ester groups is 1. The van der Waals surface area contributed by atoms with E-state index in [0.717, 1.165) is 69.7 Å². The third kappa shape index (κ3) is 13.2. The van der Waals surface area contributed by atoms with Gasteiger partial charge < -0.3 is 15.1 Å². The summed E-state index contributed by atoms with van der Waals surface area (Å²) in [6, 6.07) is 5.23. The molecule has 1 aliphatic rings. The number of aromatic nitrogens is 6. The van der Waals surface area contributed by atoms with E-state index in [-0.39, 0.29) is 36.1 Å². The van der Waals surface area contributed by atoms with Crippen LogP contribution < -0.4 is 14.5 Å². The molecule has 0 spiro atoms. The fourth-order valence-electron chi connectivity index (χ4n) is 8.78. The summed E-state index contributed by atoms with van der Waals surface area (Å²) < 4.78 is 217. The Balaban J connectivity index is 1.50. The Bertz CT molecular complexity index is 3840. The average Bonchev–Trinajstić information content (AvgIpc) is 3.96. The van der Waals surface area contributed by atoms with Crippen LogP contribution in [0.25, 0.3) is 22.0 Å². The number of benzene rings is 2. The molecule has 0 radical (unpaired) electrons. The number of fused-ring (bicyclic) bond motifs is 2. The van der Waals surface area contributed by atoms with Gasteiger partial charge in [0.15, 0.2) is 21.3 Å². The van der Waals surface area contributed by atoms with Crippen LogP contribution in [-0.2, 0) is 72.0 Å². The molecular formula is C48H45ClF10N9O10PS2. The van der Waals surface area contributed by atoms with Crippen LogP contribution in [0.15, 0.2) is 60.8 Å². The number of nitrogens with zero attached hydrogens (tertiary/aromatic N) is 8. The van der Waals surface area contributed by atoms with E-state index >= 15 is 8.78 Å². The number of hydrogen-bond acceptors (Lipinski definition) is 12. The first-order valence-corrected chi connectivity index (χ1v) is 29.0. The van der Waals surface area contributed by atoms with Crippen LogP contribution in [0.2, 0.25) is 5.02 Å². The van der Waals surface area contributed by atoms with Gasteiger partial charge in [-0.25, -0.2) is 44.9 Å². The zero-order valence-corrected chi connectivity index (χ0v) is 46.3. The molecule has 0 aliphatic heterocycles. The van der Waals surface area contributed by atoms with E-state index in [2.05, 4.69) is 41.8 Å². The maximum Gasteiger partial charge on any atom is 0.469 e. The second-order valence-corrected chi connectivity index (χ2v) is 25.3. The molecule has 0 bridgehead atoms. The zero-order valence-electron chi connectivity index (χ0n) is 43.0. The number of amides is 3. The Morgan fingerprint density at radius 2 is 1.57 bits per heavy atom. The predicted octanol–water partition coefficient (Wildman–Crippen LogP) is 8.95. The molecule has 0 saturated carbocycles. The van der Waals surface area contributed by atoms with Crippen molar-refractivity contribution in [2.24, 2.45) is 5.92 Å². The Morgan fingerprint density at radius 1 is 0.938 bits per heavy atom. The summed E-state index contributed by atoms with van der Waals surface area (Å²) in [4.78, 5) is 56.6. The Kier molecular flexibility index (Phi) is 16.7. The largest absolute Gasteiger partial charge is 0.469 e. The van der Waals surface area contributed by atoms with E-state index in [9.17, 15) is 75.9 Å². The van der Waals surface area contributed by atoms with Gasteiger partial charge in [0.25, 0.3) is 5.92 Å². The maximum atomic E-state index is 15.9. The van der Waals surface area contributed by atoms with Crippen molar-refractivity contribution in [1.82, 2.24) is 34.8 Å². The molecule has 3 N–H and O–H groups in total. The summed E-state index contributed by atoms with van der Waals surface area (Å²) in [7, 11) is -13.2. The Morgan fingerprint density at radius 3 is 2.15 bits per heavy atom. The van der Waals surface area contributed by atoms with Crippen LogP contribution in [-0.4, -0.2) is 98.6 Å². The van der Waals surface area contributed by atoms with Gasteiger partial charge in [0, 0.05) is 53.7 Å². The lowest BCUT2D eigenvalue weighted by Gasteiger charge is -2.26. The van der Waals surface area contributed by atoms with Crippen molar-refractivity contribution < 1.29 is 89.2 Å². The number of alkyl halides is 8. The van der Waals surface area contributed by atoms with Crippen LogP contribution in [0, 0.1) is 29.4 Å². The Hall–Kier alpha value is -6.68. The molecule has 4 aromatic heterocycles. The predicted molar refractivity (Wildman–Crippen MR) is 272 cm³/mol. The van der Waals surface area contributed by atoms with Crippen molar-refractivity contribution in [2.45, 2.75) is 88.8 Å². The first-order valence-electron chi connectivity index (χ1n) is 23.3. The number of anilines is 2. The minimum absolute atomic E-state index is 0.0652. The van der Waals surface area contributed by atoms with Gasteiger partial charge in [-0.05, 0) is 74.1 Å². The van der Waals surface area contributed by atoms with Crippen molar-refractivity contribution in [3.63, 3.8) is 0 Å². The third-order valence-corrected chi connectivity index (χ3v) is 16.7. The summed E-state index contributed by atoms with van der Waals surface area (Å²) in [6.07, 6.45) is -8.90. The molecule has 6 aromatic rings. The molecule has 0 fully saturated rings. The molecule has 0 saturated heterocycles. The number of phosphoric acid groups is 1.